The molecule has 1 unspecified atom stereocenters. The third-order valence-electron chi connectivity index (χ3n) is 1.79. The summed E-state index contributed by atoms with van der Waals surface area (Å²) in [5.74, 6) is -0.0912. The lowest BCUT2D eigenvalue weighted by Crippen LogP contribution is -2.38. The van der Waals surface area contributed by atoms with Crippen molar-refractivity contribution in [2.45, 2.75) is 26.0 Å². The van der Waals surface area contributed by atoms with Crippen LogP contribution in [-0.2, 0) is 4.74 Å². The number of aliphatic hydroxyl groups excluding tert-OH is 1. The van der Waals surface area contributed by atoms with Gasteiger partial charge >= 0.3 is 6.02 Å². The Balaban J connectivity index is 2.62. The van der Waals surface area contributed by atoms with E-state index in [1.54, 1.807) is 0 Å². The van der Waals surface area contributed by atoms with Gasteiger partial charge in [0.1, 0.15) is 0 Å². The van der Waals surface area contributed by atoms with Crippen molar-refractivity contribution in [3.63, 3.8) is 0 Å². The fraction of sp³-hybridized carbons (Fsp3) is 0.625. The predicted molar refractivity (Wildman–Crippen MR) is 55.1 cm³/mol. The number of unbranched alkanes of at least 4 members (excludes halogenated alkanes) is 1. The van der Waals surface area contributed by atoms with Gasteiger partial charge in [0.25, 0.3) is 0 Å². The van der Waals surface area contributed by atoms with E-state index in [4.69, 9.17) is 15.7 Å². The van der Waals surface area contributed by atoms with Crippen LogP contribution in [0.1, 0.15) is 19.8 Å². The molecule has 1 aliphatic heterocycles. The molecule has 0 aliphatic carbocycles. The van der Waals surface area contributed by atoms with Crippen molar-refractivity contribution < 1.29 is 15.1 Å². The summed E-state index contributed by atoms with van der Waals surface area (Å²) in [6.45, 7) is 2.49. The molecule has 1 rings (SSSR count). The number of hydrogen-bond acceptors (Lipinski definition) is 7. The Morgan fingerprint density at radius 2 is 2.33 bits per heavy atom. The van der Waals surface area contributed by atoms with Crippen LogP contribution in [0.5, 0.6) is 0 Å². The Labute approximate surface area is 87.0 Å². The van der Waals surface area contributed by atoms with Crippen LogP contribution in [-0.4, -0.2) is 40.7 Å². The third kappa shape index (κ3) is 2.91. The number of aliphatic imine (C=N–C) groups is 2. The van der Waals surface area contributed by atoms with Gasteiger partial charge in [-0.1, -0.05) is 18.5 Å². The largest absolute Gasteiger partial charge is 0.464 e. The fourth-order valence-electron chi connectivity index (χ4n) is 0.967. The number of ether oxygens (including phenoxy) is 1. The first-order chi connectivity index (χ1) is 7.19. The molecule has 0 radical (unpaired) electrons. The zero-order valence-electron chi connectivity index (χ0n) is 8.42. The molecular weight excluding hydrogens is 200 g/mol. The zero-order chi connectivity index (χ0) is 11.3. The van der Waals surface area contributed by atoms with E-state index in [1.165, 1.54) is 0 Å². The van der Waals surface area contributed by atoms with E-state index in [9.17, 15) is 5.11 Å². The van der Waals surface area contributed by atoms with Gasteiger partial charge in [-0.15, -0.1) is 0 Å². The van der Waals surface area contributed by atoms with E-state index in [-0.39, 0.29) is 17.6 Å². The van der Waals surface area contributed by atoms with E-state index in [1.807, 2.05) is 6.92 Å². The normalized spacial score (nSPS) is 23.6. The molecule has 0 aromatic rings. The molecule has 4 N–H and O–H groups in total. The number of nitrogens with two attached hydrogens (primary N) is 1. The topological polar surface area (TPSA) is 113 Å². The first-order valence-corrected chi connectivity index (χ1v) is 4.64. The van der Waals surface area contributed by atoms with Crippen molar-refractivity contribution in [2.75, 3.05) is 6.61 Å². The number of nitrogens with zero attached hydrogens (tertiary/aromatic N) is 3. The summed E-state index contributed by atoms with van der Waals surface area (Å²) in [7, 11) is 0. The SMILES string of the molecule is CCCCOC1=NC(O)C(=NO)C(N)=N1. The quantitative estimate of drug-likeness (QED) is 0.339. The van der Waals surface area contributed by atoms with Crippen molar-refractivity contribution in [1.82, 2.24) is 0 Å². The summed E-state index contributed by atoms with van der Waals surface area (Å²) in [6, 6.07) is 0.0147. The second-order valence-corrected chi connectivity index (χ2v) is 2.97. The van der Waals surface area contributed by atoms with Gasteiger partial charge in [-0.3, -0.25) is 0 Å². The van der Waals surface area contributed by atoms with Gasteiger partial charge in [0.05, 0.1) is 6.61 Å². The lowest BCUT2D eigenvalue weighted by molar-refractivity contribution is 0.227. The molecule has 1 aliphatic rings. The van der Waals surface area contributed by atoms with E-state index < -0.39 is 6.23 Å². The van der Waals surface area contributed by atoms with Crippen molar-refractivity contribution in [1.29, 1.82) is 0 Å². The molecule has 7 nitrogen and oxygen atoms in total. The molecule has 0 bridgehead atoms. The average molecular weight is 214 g/mol. The maximum atomic E-state index is 9.35. The van der Waals surface area contributed by atoms with Crippen LogP contribution >= 0.6 is 0 Å². The molecule has 84 valence electrons. The second-order valence-electron chi connectivity index (χ2n) is 2.97. The van der Waals surface area contributed by atoms with Crippen LogP contribution in [0, 0.1) is 0 Å². The zero-order valence-corrected chi connectivity index (χ0v) is 8.42. The van der Waals surface area contributed by atoms with Crippen LogP contribution < -0.4 is 5.73 Å². The van der Waals surface area contributed by atoms with Gasteiger partial charge in [-0.2, -0.15) is 9.98 Å². The van der Waals surface area contributed by atoms with E-state index in [2.05, 4.69) is 15.1 Å². The van der Waals surface area contributed by atoms with Crippen molar-refractivity contribution >= 4 is 17.6 Å². The second kappa shape index (κ2) is 5.30. The highest BCUT2D eigenvalue weighted by atomic mass is 16.5. The van der Waals surface area contributed by atoms with Gasteiger partial charge in [0.2, 0.25) is 6.23 Å². The fourth-order valence-corrected chi connectivity index (χ4v) is 0.967. The molecule has 0 saturated carbocycles. The van der Waals surface area contributed by atoms with E-state index in [0.717, 1.165) is 12.8 Å². The Bertz CT molecular complexity index is 311. The highest BCUT2D eigenvalue weighted by Crippen LogP contribution is 2.03. The van der Waals surface area contributed by atoms with Crippen LogP contribution in [0.4, 0.5) is 0 Å². The number of rotatable bonds is 3. The summed E-state index contributed by atoms with van der Waals surface area (Å²) < 4.78 is 5.14. The molecule has 15 heavy (non-hydrogen) atoms. The van der Waals surface area contributed by atoms with Crippen molar-refractivity contribution in [3.8, 4) is 0 Å². The van der Waals surface area contributed by atoms with Gasteiger partial charge in [0, 0.05) is 0 Å². The maximum absolute atomic E-state index is 9.35. The molecule has 0 aromatic carbocycles. The number of amidine groups is 2. The molecule has 0 fully saturated rings. The predicted octanol–water partition coefficient (Wildman–Crippen LogP) is -0.322. The molecule has 0 aromatic heterocycles. The van der Waals surface area contributed by atoms with Crippen molar-refractivity contribution in [3.05, 3.63) is 0 Å². The average Bonchev–Trinajstić information content (AvgIpc) is 2.18. The van der Waals surface area contributed by atoms with Crippen LogP contribution in [0.15, 0.2) is 15.1 Å². The summed E-state index contributed by atoms with van der Waals surface area (Å²) in [5, 5.41) is 20.6. The lowest BCUT2D eigenvalue weighted by atomic mass is 10.3. The molecule has 1 heterocycles. The molecule has 0 spiro atoms. The van der Waals surface area contributed by atoms with E-state index >= 15 is 0 Å². The summed E-state index contributed by atoms with van der Waals surface area (Å²) in [6.07, 6.45) is 0.535. The van der Waals surface area contributed by atoms with Gasteiger partial charge in [0.15, 0.2) is 11.5 Å². The number of aliphatic hydroxyl groups is 1. The summed E-state index contributed by atoms with van der Waals surface area (Å²) in [4.78, 5) is 7.38. The molecular formula is C8H14N4O3. The lowest BCUT2D eigenvalue weighted by Gasteiger charge is -2.14. The standard InChI is InChI=1S/C8H14N4O3/c1-2-3-4-15-8-10-6(9)5(12-14)7(13)11-8/h7,13-14H,2-4H2,1H3,(H2,9,10,11). The van der Waals surface area contributed by atoms with E-state index in [0.29, 0.717) is 6.61 Å². The smallest absolute Gasteiger partial charge is 0.316 e. The van der Waals surface area contributed by atoms with Crippen LogP contribution in [0.25, 0.3) is 0 Å². The number of hydrogen-bond donors (Lipinski definition) is 3. The van der Waals surface area contributed by atoms with Gasteiger partial charge < -0.3 is 20.8 Å². The van der Waals surface area contributed by atoms with Gasteiger partial charge in [-0.25, -0.2) is 0 Å². The monoisotopic (exact) mass is 214 g/mol. The molecule has 7 heteroatoms. The Kier molecular flexibility index (Phi) is 4.04. The highest BCUT2D eigenvalue weighted by molar-refractivity contribution is 6.44. The maximum Gasteiger partial charge on any atom is 0.316 e. The first-order valence-electron chi connectivity index (χ1n) is 4.64. The molecule has 1 atom stereocenters. The Morgan fingerprint density at radius 1 is 1.60 bits per heavy atom. The molecule has 0 amide bonds. The minimum atomic E-state index is -1.32. The number of oxime groups is 1. The van der Waals surface area contributed by atoms with Crippen LogP contribution in [0.3, 0.4) is 0 Å². The highest BCUT2D eigenvalue weighted by Gasteiger charge is 2.23. The minimum Gasteiger partial charge on any atom is -0.464 e. The Morgan fingerprint density at radius 3 is 2.87 bits per heavy atom. The third-order valence-corrected chi connectivity index (χ3v) is 1.79. The molecule has 0 saturated heterocycles. The van der Waals surface area contributed by atoms with Crippen molar-refractivity contribution in [2.24, 2.45) is 20.9 Å². The first kappa shape index (κ1) is 11.4. The minimum absolute atomic E-state index is 0.0147. The summed E-state index contributed by atoms with van der Waals surface area (Å²) >= 11 is 0. The van der Waals surface area contributed by atoms with Gasteiger partial charge in [-0.05, 0) is 6.42 Å². The summed E-state index contributed by atoms with van der Waals surface area (Å²) in [5.41, 5.74) is 5.24. The Hall–Kier alpha value is -1.63. The van der Waals surface area contributed by atoms with Crippen LogP contribution in [0.2, 0.25) is 0 Å².